The summed E-state index contributed by atoms with van der Waals surface area (Å²) in [4.78, 5) is 2.50. The van der Waals surface area contributed by atoms with Crippen LogP contribution in [0.25, 0.3) is 0 Å². The van der Waals surface area contributed by atoms with Gasteiger partial charge in [0.1, 0.15) is 0 Å². The van der Waals surface area contributed by atoms with Gasteiger partial charge in [-0.2, -0.15) is 0 Å². The van der Waals surface area contributed by atoms with E-state index in [9.17, 15) is 5.11 Å². The van der Waals surface area contributed by atoms with Crippen molar-refractivity contribution in [2.75, 3.05) is 19.7 Å². The Balaban J connectivity index is 1.67. The Morgan fingerprint density at radius 2 is 1.76 bits per heavy atom. The molecule has 1 saturated carbocycles. The minimum atomic E-state index is -0.224. The van der Waals surface area contributed by atoms with Gasteiger partial charge in [0.2, 0.25) is 0 Å². The molecule has 3 aliphatic rings. The van der Waals surface area contributed by atoms with Crippen LogP contribution in [0.1, 0.15) is 71.6 Å². The molecule has 122 valence electrons. The number of aliphatic hydroxyl groups is 1. The van der Waals surface area contributed by atoms with Crippen molar-refractivity contribution >= 4 is 0 Å². The smallest absolute Gasteiger partial charge is 0.0748 e. The number of rotatable bonds is 3. The molecular weight excluding hydrogens is 262 g/mol. The lowest BCUT2D eigenvalue weighted by molar-refractivity contribution is -0.148. The lowest BCUT2D eigenvalue weighted by Crippen LogP contribution is -2.56. The molecule has 3 heteroatoms. The van der Waals surface area contributed by atoms with E-state index in [1.54, 1.807) is 0 Å². The van der Waals surface area contributed by atoms with Crippen molar-refractivity contribution in [3.63, 3.8) is 0 Å². The Hall–Kier alpha value is -0.120. The van der Waals surface area contributed by atoms with Crippen molar-refractivity contribution in [1.82, 2.24) is 4.90 Å². The lowest BCUT2D eigenvalue weighted by Gasteiger charge is -2.49. The molecule has 1 N–H and O–H groups in total. The molecule has 2 heterocycles. The Labute approximate surface area is 130 Å². The van der Waals surface area contributed by atoms with Crippen molar-refractivity contribution in [3.05, 3.63) is 0 Å². The maximum Gasteiger partial charge on any atom is 0.0748 e. The summed E-state index contributed by atoms with van der Waals surface area (Å²) in [6, 6.07) is 0. The largest absolute Gasteiger partial charge is 0.391 e. The predicted molar refractivity (Wildman–Crippen MR) is 85.4 cm³/mol. The average Bonchev–Trinajstić information content (AvgIpc) is 3.02. The molecule has 0 radical (unpaired) electrons. The fourth-order valence-electron chi connectivity index (χ4n) is 4.94. The van der Waals surface area contributed by atoms with Gasteiger partial charge in [-0.25, -0.2) is 0 Å². The quantitative estimate of drug-likeness (QED) is 0.866. The summed E-state index contributed by atoms with van der Waals surface area (Å²) < 4.78 is 6.20. The first kappa shape index (κ1) is 15.8. The second-order valence-corrected chi connectivity index (χ2v) is 8.14. The third-order valence-electron chi connectivity index (χ3n) is 6.39. The normalized spacial score (nSPS) is 32.4. The van der Waals surface area contributed by atoms with Crippen LogP contribution in [0.15, 0.2) is 0 Å². The fourth-order valence-corrected chi connectivity index (χ4v) is 4.94. The molecule has 0 bridgehead atoms. The third kappa shape index (κ3) is 3.16. The van der Waals surface area contributed by atoms with Gasteiger partial charge in [-0.15, -0.1) is 0 Å². The lowest BCUT2D eigenvalue weighted by atomic mass is 9.71. The van der Waals surface area contributed by atoms with E-state index in [1.807, 2.05) is 0 Å². The van der Waals surface area contributed by atoms with Gasteiger partial charge in [-0.05, 0) is 71.4 Å². The number of hydrogen-bond donors (Lipinski definition) is 1. The van der Waals surface area contributed by atoms with Crippen LogP contribution in [-0.4, -0.2) is 46.9 Å². The predicted octanol–water partition coefficient (Wildman–Crippen LogP) is 3.35. The molecule has 3 rings (SSSR count). The van der Waals surface area contributed by atoms with Crippen LogP contribution in [0.4, 0.5) is 0 Å². The minimum absolute atomic E-state index is 0.0889. The van der Waals surface area contributed by atoms with Crippen molar-refractivity contribution < 1.29 is 9.84 Å². The van der Waals surface area contributed by atoms with Gasteiger partial charge in [0.25, 0.3) is 0 Å². The van der Waals surface area contributed by atoms with Crippen LogP contribution in [0.2, 0.25) is 0 Å². The van der Waals surface area contributed by atoms with E-state index in [2.05, 4.69) is 18.7 Å². The highest BCUT2D eigenvalue weighted by Gasteiger charge is 2.46. The Kier molecular flexibility index (Phi) is 4.63. The van der Waals surface area contributed by atoms with Gasteiger partial charge in [0, 0.05) is 12.1 Å². The maximum absolute atomic E-state index is 11.1. The van der Waals surface area contributed by atoms with Crippen molar-refractivity contribution in [3.8, 4) is 0 Å². The summed E-state index contributed by atoms with van der Waals surface area (Å²) in [7, 11) is 0. The number of ether oxygens (including phenoxy) is 1. The van der Waals surface area contributed by atoms with Crippen LogP contribution in [0.3, 0.4) is 0 Å². The summed E-state index contributed by atoms with van der Waals surface area (Å²) in [6.07, 6.45) is 10.8. The number of likely N-dealkylation sites (tertiary alicyclic amines) is 1. The van der Waals surface area contributed by atoms with Gasteiger partial charge in [0.15, 0.2) is 0 Å². The highest BCUT2D eigenvalue weighted by molar-refractivity contribution is 4.99. The zero-order valence-corrected chi connectivity index (χ0v) is 13.9. The monoisotopic (exact) mass is 295 g/mol. The zero-order chi connectivity index (χ0) is 14.9. The molecule has 2 atom stereocenters. The first-order valence-electron chi connectivity index (χ1n) is 9.11. The minimum Gasteiger partial charge on any atom is -0.391 e. The first-order valence-corrected chi connectivity index (χ1v) is 9.11. The van der Waals surface area contributed by atoms with E-state index in [0.717, 1.165) is 32.5 Å². The number of aliphatic hydroxyl groups excluding tert-OH is 1. The standard InChI is InChI=1S/C18H33NO2/c1-17(2,19-11-6-7-12-19)16(20)15-8-13-21-18(14-15)9-4-3-5-10-18/h15-16,20H,3-14H2,1-2H3. The molecule has 0 amide bonds. The Bertz CT molecular complexity index is 338. The molecule has 1 spiro atoms. The highest BCUT2D eigenvalue weighted by Crippen LogP contribution is 2.43. The van der Waals surface area contributed by atoms with Crippen LogP contribution in [0, 0.1) is 5.92 Å². The summed E-state index contributed by atoms with van der Waals surface area (Å²) in [5.41, 5.74) is 0.0115. The second kappa shape index (κ2) is 6.17. The second-order valence-electron chi connectivity index (χ2n) is 8.14. The Morgan fingerprint density at radius 3 is 2.43 bits per heavy atom. The molecule has 1 aliphatic carbocycles. The zero-order valence-electron chi connectivity index (χ0n) is 13.9. The molecule has 21 heavy (non-hydrogen) atoms. The average molecular weight is 295 g/mol. The van der Waals surface area contributed by atoms with Gasteiger partial charge in [0.05, 0.1) is 11.7 Å². The van der Waals surface area contributed by atoms with Crippen LogP contribution in [0.5, 0.6) is 0 Å². The van der Waals surface area contributed by atoms with E-state index in [-0.39, 0.29) is 17.2 Å². The third-order valence-corrected chi connectivity index (χ3v) is 6.39. The molecule has 2 saturated heterocycles. The van der Waals surface area contributed by atoms with E-state index in [1.165, 1.54) is 44.9 Å². The summed E-state index contributed by atoms with van der Waals surface area (Å²) in [5.74, 6) is 0.410. The molecule has 3 fully saturated rings. The molecule has 2 unspecified atom stereocenters. The van der Waals surface area contributed by atoms with Crippen molar-refractivity contribution in [2.45, 2.75) is 88.9 Å². The number of nitrogens with zero attached hydrogens (tertiary/aromatic N) is 1. The van der Waals surface area contributed by atoms with Crippen molar-refractivity contribution in [2.24, 2.45) is 5.92 Å². The molecule has 0 aromatic rings. The van der Waals surface area contributed by atoms with Gasteiger partial charge >= 0.3 is 0 Å². The van der Waals surface area contributed by atoms with Crippen molar-refractivity contribution in [1.29, 1.82) is 0 Å². The maximum atomic E-state index is 11.1. The first-order chi connectivity index (χ1) is 10.0. The summed E-state index contributed by atoms with van der Waals surface area (Å²) >= 11 is 0. The molecule has 0 aromatic heterocycles. The Morgan fingerprint density at radius 1 is 1.10 bits per heavy atom. The fraction of sp³-hybridized carbons (Fsp3) is 1.00. The van der Waals surface area contributed by atoms with E-state index in [0.29, 0.717) is 5.92 Å². The van der Waals surface area contributed by atoms with Crippen LogP contribution in [-0.2, 0) is 4.74 Å². The van der Waals surface area contributed by atoms with Crippen LogP contribution >= 0.6 is 0 Å². The SMILES string of the molecule is CC(C)(C(O)C1CCOC2(CCCCC2)C1)N1CCCC1. The van der Waals surface area contributed by atoms with Gasteiger partial charge in [-0.1, -0.05) is 19.3 Å². The van der Waals surface area contributed by atoms with E-state index in [4.69, 9.17) is 4.74 Å². The van der Waals surface area contributed by atoms with E-state index < -0.39 is 0 Å². The van der Waals surface area contributed by atoms with Gasteiger partial charge < -0.3 is 9.84 Å². The topological polar surface area (TPSA) is 32.7 Å². The van der Waals surface area contributed by atoms with Crippen LogP contribution < -0.4 is 0 Å². The molecule has 2 aliphatic heterocycles. The van der Waals surface area contributed by atoms with E-state index >= 15 is 0 Å². The van der Waals surface area contributed by atoms with Gasteiger partial charge in [-0.3, -0.25) is 4.90 Å². The summed E-state index contributed by atoms with van der Waals surface area (Å²) in [5, 5.41) is 11.1. The molecule has 3 nitrogen and oxygen atoms in total. The summed E-state index contributed by atoms with van der Waals surface area (Å²) in [6.45, 7) is 7.63. The molecular formula is C18H33NO2. The number of hydrogen-bond acceptors (Lipinski definition) is 3. The highest BCUT2D eigenvalue weighted by atomic mass is 16.5. The molecule has 0 aromatic carbocycles.